The van der Waals surface area contributed by atoms with Gasteiger partial charge in [0.1, 0.15) is 10.0 Å². The predicted octanol–water partition coefficient (Wildman–Crippen LogP) is 5.82. The van der Waals surface area contributed by atoms with Gasteiger partial charge in [0.25, 0.3) is 11.8 Å². The minimum absolute atomic E-state index is 0.102. The van der Waals surface area contributed by atoms with Crippen molar-refractivity contribution in [3.8, 4) is 0 Å². The molecular formula is C23H20ClF3N4O2S. The zero-order chi connectivity index (χ0) is 24.3. The minimum Gasteiger partial charge on any atom is -0.322 e. The number of benzene rings is 2. The number of nitrogens with one attached hydrogen (secondary N) is 3. The molecule has 4 rings (SSSR count). The van der Waals surface area contributed by atoms with E-state index in [1.807, 2.05) is 0 Å². The van der Waals surface area contributed by atoms with E-state index in [2.05, 4.69) is 20.9 Å². The zero-order valence-electron chi connectivity index (χ0n) is 17.7. The second-order valence-corrected chi connectivity index (χ2v) is 9.40. The molecule has 2 aromatic carbocycles. The molecule has 11 heteroatoms. The summed E-state index contributed by atoms with van der Waals surface area (Å²) in [5.41, 5.74) is -0.775. The van der Waals surface area contributed by atoms with Gasteiger partial charge in [-0.15, -0.1) is 0 Å². The summed E-state index contributed by atoms with van der Waals surface area (Å²) in [5.74, 6) is -0.491. The van der Waals surface area contributed by atoms with Crippen molar-refractivity contribution >= 4 is 45.4 Å². The summed E-state index contributed by atoms with van der Waals surface area (Å²) in [7, 11) is 0. The van der Waals surface area contributed by atoms with Crippen molar-refractivity contribution in [2.24, 2.45) is 5.92 Å². The van der Waals surface area contributed by atoms with E-state index in [4.69, 9.17) is 11.6 Å². The maximum absolute atomic E-state index is 12.9. The first-order chi connectivity index (χ1) is 16.2. The average molecular weight is 509 g/mol. The molecule has 178 valence electrons. The monoisotopic (exact) mass is 508 g/mol. The molecule has 6 nitrogen and oxygen atoms in total. The molecule has 2 amide bonds. The van der Waals surface area contributed by atoms with Gasteiger partial charge >= 0.3 is 6.18 Å². The maximum atomic E-state index is 12.9. The SMILES string of the molecule is O=C(Nc1ccc(Cl)c(C(=O)Nc2cnc(CNCC3CC3)s2)c1)c1cccc(C(F)(F)F)c1. The van der Waals surface area contributed by atoms with Crippen LogP contribution < -0.4 is 16.0 Å². The number of hydrogen-bond donors (Lipinski definition) is 3. The van der Waals surface area contributed by atoms with Crippen molar-refractivity contribution in [1.82, 2.24) is 10.3 Å². The van der Waals surface area contributed by atoms with Gasteiger partial charge in [0, 0.05) is 17.8 Å². The van der Waals surface area contributed by atoms with E-state index < -0.39 is 23.6 Å². The molecule has 0 bridgehead atoms. The maximum Gasteiger partial charge on any atom is 0.416 e. The van der Waals surface area contributed by atoms with Crippen LogP contribution >= 0.6 is 22.9 Å². The van der Waals surface area contributed by atoms with E-state index >= 15 is 0 Å². The summed E-state index contributed by atoms with van der Waals surface area (Å²) in [4.78, 5) is 29.5. The van der Waals surface area contributed by atoms with Crippen LogP contribution in [-0.4, -0.2) is 23.3 Å². The largest absolute Gasteiger partial charge is 0.416 e. The van der Waals surface area contributed by atoms with Crippen LogP contribution in [0.3, 0.4) is 0 Å². The van der Waals surface area contributed by atoms with Crippen LogP contribution in [0.2, 0.25) is 5.02 Å². The molecular weight excluding hydrogens is 489 g/mol. The molecule has 0 saturated heterocycles. The van der Waals surface area contributed by atoms with Gasteiger partial charge < -0.3 is 16.0 Å². The standard InChI is InChI=1S/C23H20ClF3N4O2S/c24-18-7-6-16(30-21(32)14-2-1-3-15(8-14)23(25,26)27)9-17(18)22(33)31-20-12-29-19(34-20)11-28-10-13-4-5-13/h1-3,6-9,12-13,28H,4-5,10-11H2,(H,30,32)(H,31,33). The number of aromatic nitrogens is 1. The third kappa shape index (κ3) is 6.34. The molecule has 1 aliphatic rings. The summed E-state index contributed by atoms with van der Waals surface area (Å²) in [6, 6.07) is 8.33. The lowest BCUT2D eigenvalue weighted by Crippen LogP contribution is -2.16. The molecule has 3 aromatic rings. The van der Waals surface area contributed by atoms with Crippen LogP contribution in [0, 0.1) is 5.92 Å². The molecule has 0 atom stereocenters. The van der Waals surface area contributed by atoms with Gasteiger partial charge in [-0.3, -0.25) is 9.59 Å². The number of carbonyl (C=O) groups is 2. The molecule has 0 unspecified atom stereocenters. The highest BCUT2D eigenvalue weighted by Gasteiger charge is 2.31. The Hall–Kier alpha value is -2.95. The lowest BCUT2D eigenvalue weighted by Gasteiger charge is -2.11. The lowest BCUT2D eigenvalue weighted by atomic mass is 10.1. The van der Waals surface area contributed by atoms with Gasteiger partial charge in [0.2, 0.25) is 0 Å². The molecule has 1 saturated carbocycles. The number of anilines is 2. The summed E-state index contributed by atoms with van der Waals surface area (Å²) in [6.07, 6.45) is -0.492. The van der Waals surface area contributed by atoms with Crippen LogP contribution in [0.25, 0.3) is 0 Å². The molecule has 0 radical (unpaired) electrons. The van der Waals surface area contributed by atoms with Crippen LogP contribution in [0.5, 0.6) is 0 Å². The Kier molecular flexibility index (Phi) is 7.20. The molecule has 0 aliphatic heterocycles. The van der Waals surface area contributed by atoms with Gasteiger partial charge in [0.05, 0.1) is 22.3 Å². The van der Waals surface area contributed by atoms with Crippen LogP contribution in [0.15, 0.2) is 48.7 Å². The molecule has 3 N–H and O–H groups in total. The first-order valence-electron chi connectivity index (χ1n) is 10.4. The Morgan fingerprint density at radius 1 is 1.09 bits per heavy atom. The summed E-state index contributed by atoms with van der Waals surface area (Å²) in [5, 5.41) is 10.1. The van der Waals surface area contributed by atoms with Gasteiger partial charge in [-0.1, -0.05) is 29.0 Å². The van der Waals surface area contributed by atoms with Gasteiger partial charge in [-0.25, -0.2) is 4.98 Å². The summed E-state index contributed by atoms with van der Waals surface area (Å²) >= 11 is 7.51. The molecule has 0 spiro atoms. The Labute approximate surface area is 202 Å². The van der Waals surface area contributed by atoms with E-state index in [0.29, 0.717) is 11.5 Å². The number of thiazole rings is 1. The van der Waals surface area contributed by atoms with E-state index in [0.717, 1.165) is 35.7 Å². The highest BCUT2D eigenvalue weighted by molar-refractivity contribution is 7.15. The van der Waals surface area contributed by atoms with Gasteiger partial charge in [0.15, 0.2) is 0 Å². The number of hydrogen-bond acceptors (Lipinski definition) is 5. The molecule has 1 heterocycles. The topological polar surface area (TPSA) is 83.1 Å². The quantitative estimate of drug-likeness (QED) is 0.358. The van der Waals surface area contributed by atoms with Crippen molar-refractivity contribution in [1.29, 1.82) is 0 Å². The van der Waals surface area contributed by atoms with E-state index in [1.54, 1.807) is 6.20 Å². The third-order valence-electron chi connectivity index (χ3n) is 5.12. The fourth-order valence-corrected chi connectivity index (χ4v) is 4.14. The highest BCUT2D eigenvalue weighted by atomic mass is 35.5. The Morgan fingerprint density at radius 3 is 2.62 bits per heavy atom. The van der Waals surface area contributed by atoms with E-state index in [9.17, 15) is 22.8 Å². The normalized spacial score (nSPS) is 13.5. The molecule has 34 heavy (non-hydrogen) atoms. The number of rotatable bonds is 8. The first-order valence-corrected chi connectivity index (χ1v) is 11.6. The Balaban J connectivity index is 1.41. The highest BCUT2D eigenvalue weighted by Crippen LogP contribution is 2.30. The van der Waals surface area contributed by atoms with Crippen molar-refractivity contribution in [2.75, 3.05) is 17.2 Å². The number of amides is 2. The Bertz CT molecular complexity index is 1210. The van der Waals surface area contributed by atoms with Crippen molar-refractivity contribution in [3.63, 3.8) is 0 Å². The average Bonchev–Trinajstić information content (AvgIpc) is 3.52. The third-order valence-corrected chi connectivity index (χ3v) is 6.36. The summed E-state index contributed by atoms with van der Waals surface area (Å²) in [6.45, 7) is 1.57. The minimum atomic E-state index is -4.56. The molecule has 1 fully saturated rings. The zero-order valence-corrected chi connectivity index (χ0v) is 19.3. The van der Waals surface area contributed by atoms with Crippen molar-refractivity contribution in [2.45, 2.75) is 25.6 Å². The fraction of sp³-hybridized carbons (Fsp3) is 0.261. The smallest absolute Gasteiger partial charge is 0.322 e. The van der Waals surface area contributed by atoms with E-state index in [-0.39, 0.29) is 21.8 Å². The van der Waals surface area contributed by atoms with Crippen LogP contribution in [0.1, 0.15) is 44.1 Å². The molecule has 1 aliphatic carbocycles. The van der Waals surface area contributed by atoms with Crippen LogP contribution in [0.4, 0.5) is 23.9 Å². The lowest BCUT2D eigenvalue weighted by molar-refractivity contribution is -0.137. The second-order valence-electron chi connectivity index (χ2n) is 7.87. The number of nitrogens with zero attached hydrogens (tertiary/aromatic N) is 1. The Morgan fingerprint density at radius 2 is 1.88 bits per heavy atom. The van der Waals surface area contributed by atoms with Gasteiger partial charge in [-0.05, 0) is 61.7 Å². The number of halogens is 4. The predicted molar refractivity (Wildman–Crippen MR) is 125 cm³/mol. The first kappa shape index (κ1) is 24.2. The van der Waals surface area contributed by atoms with E-state index in [1.165, 1.54) is 48.4 Å². The van der Waals surface area contributed by atoms with Crippen molar-refractivity contribution in [3.05, 3.63) is 75.4 Å². The fourth-order valence-electron chi connectivity index (χ4n) is 3.15. The number of alkyl halides is 3. The van der Waals surface area contributed by atoms with Gasteiger partial charge in [-0.2, -0.15) is 13.2 Å². The second kappa shape index (κ2) is 10.1. The summed E-state index contributed by atoms with van der Waals surface area (Å²) < 4.78 is 38.8. The van der Waals surface area contributed by atoms with Crippen molar-refractivity contribution < 1.29 is 22.8 Å². The molecule has 1 aromatic heterocycles. The van der Waals surface area contributed by atoms with Crippen LogP contribution in [-0.2, 0) is 12.7 Å². The number of carbonyl (C=O) groups excluding carboxylic acids is 2.